The lowest BCUT2D eigenvalue weighted by atomic mass is 10.5. The van der Waals surface area contributed by atoms with E-state index >= 15 is 0 Å². The Morgan fingerprint density at radius 3 is 3.06 bits per heavy atom. The maximum atomic E-state index is 11.5. The zero-order valence-electron chi connectivity index (χ0n) is 9.25. The topological polar surface area (TPSA) is 98.7 Å². The van der Waals surface area contributed by atoms with Gasteiger partial charge in [0.2, 0.25) is 11.9 Å². The number of nitrogen functional groups attached to an aromatic ring is 1. The van der Waals surface area contributed by atoms with Crippen molar-refractivity contribution in [3.8, 4) is 0 Å². The SMILES string of the molecule is Cc1csc(CNC(=O)Cn2cnc(N)n2)n1. The van der Waals surface area contributed by atoms with Gasteiger partial charge in [-0.05, 0) is 6.92 Å². The Kier molecular flexibility index (Phi) is 3.33. The summed E-state index contributed by atoms with van der Waals surface area (Å²) in [6.07, 6.45) is 1.42. The molecule has 0 spiro atoms. The van der Waals surface area contributed by atoms with Crippen LogP contribution in [0.5, 0.6) is 0 Å². The van der Waals surface area contributed by atoms with Gasteiger partial charge in [0.05, 0.1) is 6.54 Å². The maximum absolute atomic E-state index is 11.5. The highest BCUT2D eigenvalue weighted by molar-refractivity contribution is 7.09. The highest BCUT2D eigenvalue weighted by Gasteiger charge is 2.05. The summed E-state index contributed by atoms with van der Waals surface area (Å²) in [5.41, 5.74) is 6.30. The number of nitrogens with zero attached hydrogens (tertiary/aromatic N) is 4. The van der Waals surface area contributed by atoms with Crippen LogP contribution in [0.15, 0.2) is 11.7 Å². The van der Waals surface area contributed by atoms with Crippen LogP contribution in [-0.2, 0) is 17.9 Å². The van der Waals surface area contributed by atoms with E-state index in [0.717, 1.165) is 10.7 Å². The van der Waals surface area contributed by atoms with Crippen molar-refractivity contribution < 1.29 is 4.79 Å². The van der Waals surface area contributed by atoms with Gasteiger partial charge in [-0.3, -0.25) is 4.79 Å². The second-order valence-corrected chi connectivity index (χ2v) is 4.40. The molecule has 0 bridgehead atoms. The minimum absolute atomic E-state index is 0.106. The molecule has 0 aliphatic carbocycles. The number of amides is 1. The number of carbonyl (C=O) groups excluding carboxylic acids is 1. The Bertz CT molecular complexity index is 519. The lowest BCUT2D eigenvalue weighted by molar-refractivity contribution is -0.122. The Morgan fingerprint density at radius 1 is 1.65 bits per heavy atom. The van der Waals surface area contributed by atoms with Crippen molar-refractivity contribution in [2.45, 2.75) is 20.0 Å². The van der Waals surface area contributed by atoms with Crippen LogP contribution in [0.1, 0.15) is 10.7 Å². The van der Waals surface area contributed by atoms with Crippen molar-refractivity contribution in [1.29, 1.82) is 0 Å². The molecule has 0 aromatic carbocycles. The van der Waals surface area contributed by atoms with Crippen molar-refractivity contribution in [2.75, 3.05) is 5.73 Å². The van der Waals surface area contributed by atoms with Gasteiger partial charge >= 0.3 is 0 Å². The van der Waals surface area contributed by atoms with Gasteiger partial charge in [0.1, 0.15) is 17.9 Å². The number of nitrogens with two attached hydrogens (primary N) is 1. The highest BCUT2D eigenvalue weighted by atomic mass is 32.1. The third-order valence-electron chi connectivity index (χ3n) is 1.96. The van der Waals surface area contributed by atoms with Gasteiger partial charge in [0, 0.05) is 11.1 Å². The minimum Gasteiger partial charge on any atom is -0.367 e. The Morgan fingerprint density at radius 2 is 2.47 bits per heavy atom. The van der Waals surface area contributed by atoms with Gasteiger partial charge in [0.25, 0.3) is 0 Å². The lowest BCUT2D eigenvalue weighted by Gasteiger charge is -2.02. The van der Waals surface area contributed by atoms with Gasteiger partial charge < -0.3 is 11.1 Å². The van der Waals surface area contributed by atoms with E-state index in [4.69, 9.17) is 5.73 Å². The van der Waals surface area contributed by atoms with E-state index in [0.29, 0.717) is 6.54 Å². The quantitative estimate of drug-likeness (QED) is 0.794. The van der Waals surface area contributed by atoms with Crippen molar-refractivity contribution >= 4 is 23.2 Å². The van der Waals surface area contributed by atoms with E-state index in [-0.39, 0.29) is 18.4 Å². The number of aromatic nitrogens is 4. The van der Waals surface area contributed by atoms with Gasteiger partial charge in [-0.25, -0.2) is 14.6 Å². The van der Waals surface area contributed by atoms with E-state index in [9.17, 15) is 4.79 Å². The molecule has 0 saturated carbocycles. The second-order valence-electron chi connectivity index (χ2n) is 3.46. The summed E-state index contributed by atoms with van der Waals surface area (Å²) >= 11 is 1.52. The molecule has 3 N–H and O–H groups in total. The molecule has 0 aliphatic rings. The summed E-state index contributed by atoms with van der Waals surface area (Å²) in [4.78, 5) is 19.5. The molecular formula is C9H12N6OS. The molecule has 2 aromatic heterocycles. The first kappa shape index (κ1) is 11.5. The first-order valence-electron chi connectivity index (χ1n) is 4.96. The van der Waals surface area contributed by atoms with Gasteiger partial charge in [-0.1, -0.05) is 0 Å². The summed E-state index contributed by atoms with van der Waals surface area (Å²) in [7, 11) is 0. The minimum atomic E-state index is -0.150. The maximum Gasteiger partial charge on any atom is 0.242 e. The van der Waals surface area contributed by atoms with Crippen molar-refractivity contribution in [3.63, 3.8) is 0 Å². The zero-order valence-corrected chi connectivity index (χ0v) is 10.1. The molecule has 0 aliphatic heterocycles. The molecule has 0 atom stereocenters. The Labute approximate surface area is 102 Å². The summed E-state index contributed by atoms with van der Waals surface area (Å²) in [6.45, 7) is 2.45. The molecule has 2 heterocycles. The molecule has 0 unspecified atom stereocenters. The van der Waals surface area contributed by atoms with E-state index in [2.05, 4.69) is 20.4 Å². The van der Waals surface area contributed by atoms with Crippen LogP contribution in [0.25, 0.3) is 0 Å². The fourth-order valence-electron chi connectivity index (χ4n) is 1.25. The van der Waals surface area contributed by atoms with Crippen molar-refractivity contribution in [3.05, 3.63) is 22.4 Å². The van der Waals surface area contributed by atoms with Crippen LogP contribution in [-0.4, -0.2) is 25.7 Å². The monoisotopic (exact) mass is 252 g/mol. The van der Waals surface area contributed by atoms with Gasteiger partial charge in [-0.2, -0.15) is 0 Å². The van der Waals surface area contributed by atoms with Crippen LogP contribution < -0.4 is 11.1 Å². The van der Waals surface area contributed by atoms with Crippen LogP contribution in [0, 0.1) is 6.92 Å². The molecule has 0 saturated heterocycles. The number of aryl methyl sites for hydroxylation is 1. The first-order valence-corrected chi connectivity index (χ1v) is 5.84. The smallest absolute Gasteiger partial charge is 0.242 e. The molecule has 0 fully saturated rings. The summed E-state index contributed by atoms with van der Waals surface area (Å²) in [6, 6.07) is 0. The number of hydrogen-bond acceptors (Lipinski definition) is 6. The molecule has 90 valence electrons. The number of thiazole rings is 1. The predicted molar refractivity (Wildman–Crippen MR) is 63.1 cm³/mol. The summed E-state index contributed by atoms with van der Waals surface area (Å²) in [5.74, 6) is 0.0103. The fraction of sp³-hybridized carbons (Fsp3) is 0.333. The molecule has 0 radical (unpaired) electrons. The van der Waals surface area contributed by atoms with Crippen molar-refractivity contribution in [2.24, 2.45) is 0 Å². The van der Waals surface area contributed by atoms with E-state index < -0.39 is 0 Å². The number of anilines is 1. The number of nitrogens with one attached hydrogen (secondary N) is 1. The van der Waals surface area contributed by atoms with Gasteiger partial charge in [-0.15, -0.1) is 16.4 Å². The zero-order chi connectivity index (χ0) is 12.3. The fourth-order valence-corrected chi connectivity index (χ4v) is 1.96. The first-order chi connectivity index (χ1) is 8.13. The normalized spacial score (nSPS) is 10.4. The summed E-state index contributed by atoms with van der Waals surface area (Å²) in [5, 5.41) is 9.40. The van der Waals surface area contributed by atoms with Crippen LogP contribution >= 0.6 is 11.3 Å². The molecule has 2 rings (SSSR count). The summed E-state index contributed by atoms with van der Waals surface area (Å²) < 4.78 is 1.39. The standard InChI is InChI=1S/C9H12N6OS/c1-6-4-17-8(13-6)2-11-7(16)3-15-5-12-9(10)14-15/h4-5H,2-3H2,1H3,(H2,10,14)(H,11,16). The number of hydrogen-bond donors (Lipinski definition) is 2. The number of carbonyl (C=O) groups is 1. The number of rotatable bonds is 4. The molecule has 2 aromatic rings. The van der Waals surface area contributed by atoms with E-state index in [1.807, 2.05) is 12.3 Å². The predicted octanol–water partition coefficient (Wildman–Crippen LogP) is -0.0584. The average Bonchev–Trinajstić information content (AvgIpc) is 2.85. The van der Waals surface area contributed by atoms with E-state index in [1.54, 1.807) is 0 Å². The molecule has 8 heteroatoms. The molecular weight excluding hydrogens is 240 g/mol. The van der Waals surface area contributed by atoms with Gasteiger partial charge in [0.15, 0.2) is 0 Å². The second kappa shape index (κ2) is 4.91. The third-order valence-corrected chi connectivity index (χ3v) is 2.93. The van der Waals surface area contributed by atoms with Crippen LogP contribution in [0.3, 0.4) is 0 Å². The van der Waals surface area contributed by atoms with Crippen molar-refractivity contribution in [1.82, 2.24) is 25.1 Å². The van der Waals surface area contributed by atoms with Crippen LogP contribution in [0.2, 0.25) is 0 Å². The molecule has 1 amide bonds. The lowest BCUT2D eigenvalue weighted by Crippen LogP contribution is -2.27. The Hall–Kier alpha value is -1.96. The third kappa shape index (κ3) is 3.25. The Balaban J connectivity index is 1.82. The molecule has 7 nitrogen and oxygen atoms in total. The molecule has 17 heavy (non-hydrogen) atoms. The highest BCUT2D eigenvalue weighted by Crippen LogP contribution is 2.07. The van der Waals surface area contributed by atoms with E-state index in [1.165, 1.54) is 22.3 Å². The largest absolute Gasteiger partial charge is 0.367 e. The van der Waals surface area contributed by atoms with Crippen LogP contribution in [0.4, 0.5) is 5.95 Å². The average molecular weight is 252 g/mol.